The summed E-state index contributed by atoms with van der Waals surface area (Å²) in [5, 5.41) is 9.04. The Morgan fingerprint density at radius 1 is 1.39 bits per heavy atom. The van der Waals surface area contributed by atoms with Crippen LogP contribution >= 0.6 is 0 Å². The van der Waals surface area contributed by atoms with E-state index in [1.165, 1.54) is 0 Å². The fraction of sp³-hybridized carbons (Fsp3) is 0.857. The Morgan fingerprint density at radius 2 is 2.11 bits per heavy atom. The zero-order valence-corrected chi connectivity index (χ0v) is 11.5. The minimum Gasteiger partial charge on any atom is -0.481 e. The van der Waals surface area contributed by atoms with Gasteiger partial charge in [0.15, 0.2) is 0 Å². The number of hydrogen-bond donors (Lipinski definition) is 1. The number of likely N-dealkylation sites (tertiary alicyclic amines) is 1. The average molecular weight is 255 g/mol. The molecular weight excluding hydrogens is 230 g/mol. The van der Waals surface area contributed by atoms with Gasteiger partial charge in [-0.05, 0) is 25.7 Å². The summed E-state index contributed by atoms with van der Waals surface area (Å²) in [5.41, 5.74) is 0. The molecule has 0 aliphatic carbocycles. The maximum absolute atomic E-state index is 12.3. The van der Waals surface area contributed by atoms with Gasteiger partial charge in [0.1, 0.15) is 0 Å². The lowest BCUT2D eigenvalue weighted by molar-refractivity contribution is -0.146. The molecule has 0 aromatic heterocycles. The van der Waals surface area contributed by atoms with Gasteiger partial charge >= 0.3 is 5.97 Å². The molecular formula is C14H25NO3. The fourth-order valence-electron chi connectivity index (χ4n) is 2.59. The van der Waals surface area contributed by atoms with Crippen LogP contribution in [0.15, 0.2) is 0 Å². The number of rotatable bonds is 6. The van der Waals surface area contributed by atoms with E-state index in [0.717, 1.165) is 38.6 Å². The van der Waals surface area contributed by atoms with Gasteiger partial charge in [-0.1, -0.05) is 26.7 Å². The molecule has 0 spiro atoms. The zero-order chi connectivity index (χ0) is 13.5. The highest BCUT2D eigenvalue weighted by Crippen LogP contribution is 2.22. The lowest BCUT2D eigenvalue weighted by atomic mass is 9.93. The van der Waals surface area contributed by atoms with Crippen LogP contribution in [-0.2, 0) is 9.59 Å². The van der Waals surface area contributed by atoms with Crippen molar-refractivity contribution in [2.75, 3.05) is 13.1 Å². The molecule has 2 atom stereocenters. The van der Waals surface area contributed by atoms with Gasteiger partial charge in [0.25, 0.3) is 0 Å². The first-order valence-electron chi connectivity index (χ1n) is 7.11. The average Bonchev–Trinajstić information content (AvgIpc) is 2.39. The highest BCUT2D eigenvalue weighted by atomic mass is 16.4. The van der Waals surface area contributed by atoms with Crippen LogP contribution < -0.4 is 0 Å². The number of carbonyl (C=O) groups excluding carboxylic acids is 1. The van der Waals surface area contributed by atoms with Crippen molar-refractivity contribution >= 4 is 11.9 Å². The second-order valence-corrected chi connectivity index (χ2v) is 5.21. The molecule has 1 saturated heterocycles. The molecule has 1 amide bonds. The van der Waals surface area contributed by atoms with E-state index < -0.39 is 5.97 Å². The van der Waals surface area contributed by atoms with Crippen LogP contribution in [0.4, 0.5) is 0 Å². The van der Waals surface area contributed by atoms with Crippen molar-refractivity contribution < 1.29 is 14.7 Å². The van der Waals surface area contributed by atoms with Crippen LogP contribution in [0, 0.1) is 11.8 Å². The van der Waals surface area contributed by atoms with Gasteiger partial charge in [-0.2, -0.15) is 0 Å². The number of amides is 1. The molecule has 1 rings (SSSR count). The molecule has 4 heteroatoms. The fourth-order valence-corrected chi connectivity index (χ4v) is 2.59. The zero-order valence-electron chi connectivity index (χ0n) is 11.5. The Morgan fingerprint density at radius 3 is 2.67 bits per heavy atom. The van der Waals surface area contributed by atoms with Crippen LogP contribution in [0.25, 0.3) is 0 Å². The van der Waals surface area contributed by atoms with Gasteiger partial charge in [-0.3, -0.25) is 9.59 Å². The number of carboxylic acids is 1. The quantitative estimate of drug-likeness (QED) is 0.793. The molecule has 0 aromatic carbocycles. The van der Waals surface area contributed by atoms with Gasteiger partial charge < -0.3 is 10.0 Å². The molecule has 0 radical (unpaired) electrons. The Hall–Kier alpha value is -1.06. The summed E-state index contributed by atoms with van der Waals surface area (Å²) in [7, 11) is 0. The third kappa shape index (κ3) is 4.00. The Balaban J connectivity index is 2.55. The van der Waals surface area contributed by atoms with E-state index in [0.29, 0.717) is 13.0 Å². The minimum absolute atomic E-state index is 0.0810. The van der Waals surface area contributed by atoms with Gasteiger partial charge in [0.2, 0.25) is 5.91 Å². The van der Waals surface area contributed by atoms with Crippen molar-refractivity contribution in [2.45, 2.75) is 52.4 Å². The van der Waals surface area contributed by atoms with Crippen molar-refractivity contribution in [2.24, 2.45) is 11.8 Å². The molecule has 0 saturated carbocycles. The van der Waals surface area contributed by atoms with Crippen molar-refractivity contribution in [3.8, 4) is 0 Å². The predicted molar refractivity (Wildman–Crippen MR) is 70.2 cm³/mol. The number of carboxylic acid groups (broad SMARTS) is 1. The van der Waals surface area contributed by atoms with Crippen LogP contribution in [0.1, 0.15) is 52.4 Å². The predicted octanol–water partition coefficient (Wildman–Crippen LogP) is 2.53. The normalized spacial score (nSPS) is 21.7. The Kier molecular flexibility index (Phi) is 6.16. The number of carbonyl (C=O) groups is 2. The van der Waals surface area contributed by atoms with E-state index in [9.17, 15) is 9.59 Å². The summed E-state index contributed by atoms with van der Waals surface area (Å²) in [6, 6.07) is 0. The number of nitrogens with zero attached hydrogens (tertiary/aromatic N) is 1. The van der Waals surface area contributed by atoms with Gasteiger partial charge in [0.05, 0.1) is 5.92 Å². The third-order valence-corrected chi connectivity index (χ3v) is 3.83. The molecule has 1 unspecified atom stereocenters. The maximum atomic E-state index is 12.3. The van der Waals surface area contributed by atoms with Crippen LogP contribution in [-0.4, -0.2) is 35.0 Å². The highest BCUT2D eigenvalue weighted by molar-refractivity contribution is 5.80. The molecule has 1 fully saturated rings. The number of unbranched alkanes of at least 4 members (excludes halogenated alkanes) is 1. The summed E-state index contributed by atoms with van der Waals surface area (Å²) in [6.07, 6.45) is 5.47. The van der Waals surface area contributed by atoms with E-state index in [-0.39, 0.29) is 17.7 Å². The summed E-state index contributed by atoms with van der Waals surface area (Å²) in [5.74, 6) is -0.894. The monoisotopic (exact) mass is 255 g/mol. The standard InChI is InChI=1S/C14H25NO3/c1-3-5-7-11(4-2)13(16)15-9-6-8-12(10-15)14(17)18/h11-12H,3-10H2,1-2H3,(H,17,18)/t11?,12-/m1/s1. The molecule has 1 heterocycles. The summed E-state index contributed by atoms with van der Waals surface area (Å²) < 4.78 is 0. The Labute approximate surface area is 109 Å². The Bertz CT molecular complexity index is 291. The van der Waals surface area contributed by atoms with E-state index in [1.807, 2.05) is 6.92 Å². The van der Waals surface area contributed by atoms with E-state index in [2.05, 4.69) is 6.92 Å². The second kappa shape index (κ2) is 7.39. The largest absolute Gasteiger partial charge is 0.481 e. The SMILES string of the molecule is CCCCC(CC)C(=O)N1CCC[C@@H](C(=O)O)C1. The van der Waals surface area contributed by atoms with Crippen molar-refractivity contribution in [1.82, 2.24) is 4.90 Å². The minimum atomic E-state index is -0.769. The number of piperidine rings is 1. The van der Waals surface area contributed by atoms with Crippen LogP contribution in [0.5, 0.6) is 0 Å². The number of hydrogen-bond acceptors (Lipinski definition) is 2. The van der Waals surface area contributed by atoms with Crippen LogP contribution in [0.3, 0.4) is 0 Å². The maximum Gasteiger partial charge on any atom is 0.308 e. The van der Waals surface area contributed by atoms with Gasteiger partial charge in [-0.15, -0.1) is 0 Å². The highest BCUT2D eigenvalue weighted by Gasteiger charge is 2.30. The first-order valence-corrected chi connectivity index (χ1v) is 7.11. The molecule has 18 heavy (non-hydrogen) atoms. The second-order valence-electron chi connectivity index (χ2n) is 5.21. The summed E-state index contributed by atoms with van der Waals surface area (Å²) in [6.45, 7) is 5.29. The van der Waals surface area contributed by atoms with Gasteiger partial charge in [0, 0.05) is 19.0 Å². The lowest BCUT2D eigenvalue weighted by Crippen LogP contribution is -2.44. The molecule has 1 aliphatic rings. The third-order valence-electron chi connectivity index (χ3n) is 3.83. The lowest BCUT2D eigenvalue weighted by Gasteiger charge is -2.33. The van der Waals surface area contributed by atoms with Gasteiger partial charge in [-0.25, -0.2) is 0 Å². The summed E-state index contributed by atoms with van der Waals surface area (Å²) in [4.78, 5) is 25.1. The topological polar surface area (TPSA) is 57.6 Å². The molecule has 0 bridgehead atoms. The molecule has 4 nitrogen and oxygen atoms in total. The number of aliphatic carboxylic acids is 1. The van der Waals surface area contributed by atoms with Crippen molar-refractivity contribution in [3.63, 3.8) is 0 Å². The molecule has 104 valence electrons. The van der Waals surface area contributed by atoms with E-state index >= 15 is 0 Å². The van der Waals surface area contributed by atoms with E-state index in [4.69, 9.17) is 5.11 Å². The van der Waals surface area contributed by atoms with Crippen LogP contribution in [0.2, 0.25) is 0 Å². The smallest absolute Gasteiger partial charge is 0.308 e. The summed E-state index contributed by atoms with van der Waals surface area (Å²) >= 11 is 0. The molecule has 1 N–H and O–H groups in total. The first-order chi connectivity index (χ1) is 8.60. The first kappa shape index (κ1) is 15.0. The van der Waals surface area contributed by atoms with E-state index in [1.54, 1.807) is 4.90 Å². The molecule has 0 aromatic rings. The van der Waals surface area contributed by atoms with Crippen molar-refractivity contribution in [3.05, 3.63) is 0 Å². The molecule has 1 aliphatic heterocycles. The van der Waals surface area contributed by atoms with Crippen molar-refractivity contribution in [1.29, 1.82) is 0 Å².